The highest BCUT2D eigenvalue weighted by Crippen LogP contribution is 2.17. The van der Waals surface area contributed by atoms with Crippen molar-refractivity contribution in [3.63, 3.8) is 0 Å². The van der Waals surface area contributed by atoms with Gasteiger partial charge in [-0.2, -0.15) is 0 Å². The lowest BCUT2D eigenvalue weighted by Gasteiger charge is -2.12. The van der Waals surface area contributed by atoms with Crippen LogP contribution in [0.25, 0.3) is 5.65 Å². The van der Waals surface area contributed by atoms with E-state index in [0.29, 0.717) is 17.0 Å². The molecule has 0 spiro atoms. The predicted molar refractivity (Wildman–Crippen MR) is 83.1 cm³/mol. The van der Waals surface area contributed by atoms with Crippen molar-refractivity contribution in [2.24, 2.45) is 0 Å². The summed E-state index contributed by atoms with van der Waals surface area (Å²) in [5, 5.41) is 11.3. The summed E-state index contributed by atoms with van der Waals surface area (Å²) < 4.78 is 1.82. The Morgan fingerprint density at radius 3 is 2.68 bits per heavy atom. The second kappa shape index (κ2) is 5.90. The standard InChI is InChI=1S/C14H11Cl2N5O/c1-8(13-20-19-12-4-2-3-5-21(12)13)17-14(22)9-6-10(15)18-11(16)7-9/h2-8H,1H3,(H,17,22). The third-order valence-corrected chi connectivity index (χ3v) is 3.49. The predicted octanol–water partition coefficient (Wildman–Crippen LogP) is 2.92. The van der Waals surface area contributed by atoms with Crippen LogP contribution in [0.4, 0.5) is 0 Å². The molecule has 1 amide bonds. The number of carbonyl (C=O) groups excluding carboxylic acids is 1. The minimum atomic E-state index is -0.337. The first-order valence-electron chi connectivity index (χ1n) is 6.48. The van der Waals surface area contributed by atoms with Crippen LogP contribution >= 0.6 is 23.2 Å². The molecule has 3 aromatic heterocycles. The van der Waals surface area contributed by atoms with Gasteiger partial charge in [0.1, 0.15) is 10.3 Å². The molecule has 22 heavy (non-hydrogen) atoms. The number of amides is 1. The van der Waals surface area contributed by atoms with E-state index in [9.17, 15) is 4.79 Å². The normalized spacial score (nSPS) is 12.3. The van der Waals surface area contributed by atoms with E-state index in [2.05, 4.69) is 20.5 Å². The quantitative estimate of drug-likeness (QED) is 0.747. The van der Waals surface area contributed by atoms with Crippen molar-refractivity contribution in [3.8, 4) is 0 Å². The Hall–Kier alpha value is -2.18. The first-order valence-corrected chi connectivity index (χ1v) is 7.24. The summed E-state index contributed by atoms with van der Waals surface area (Å²) >= 11 is 11.6. The Balaban J connectivity index is 1.84. The molecule has 0 bridgehead atoms. The van der Waals surface area contributed by atoms with Gasteiger partial charge in [-0.1, -0.05) is 29.3 Å². The van der Waals surface area contributed by atoms with Crippen LogP contribution in [-0.2, 0) is 0 Å². The Bertz CT molecular complexity index is 828. The molecule has 6 nitrogen and oxygen atoms in total. The van der Waals surface area contributed by atoms with Gasteiger partial charge < -0.3 is 5.32 Å². The maximum atomic E-state index is 12.3. The third-order valence-electron chi connectivity index (χ3n) is 3.10. The number of nitrogens with one attached hydrogen (secondary N) is 1. The maximum Gasteiger partial charge on any atom is 0.252 e. The molecule has 0 aliphatic rings. The third kappa shape index (κ3) is 2.88. The number of nitrogens with zero attached hydrogens (tertiary/aromatic N) is 4. The number of fused-ring (bicyclic) bond motifs is 1. The molecule has 0 radical (unpaired) electrons. The van der Waals surface area contributed by atoms with Gasteiger partial charge in [0, 0.05) is 11.8 Å². The number of rotatable bonds is 3. The summed E-state index contributed by atoms with van der Waals surface area (Å²) in [6, 6.07) is 8.16. The van der Waals surface area contributed by atoms with Gasteiger partial charge in [-0.25, -0.2) is 4.98 Å². The Morgan fingerprint density at radius 1 is 1.23 bits per heavy atom. The number of halogens is 2. The van der Waals surface area contributed by atoms with Gasteiger partial charge >= 0.3 is 0 Å². The number of pyridine rings is 2. The highest BCUT2D eigenvalue weighted by atomic mass is 35.5. The average Bonchev–Trinajstić information content (AvgIpc) is 2.90. The largest absolute Gasteiger partial charge is 0.342 e. The lowest BCUT2D eigenvalue weighted by molar-refractivity contribution is 0.0938. The zero-order chi connectivity index (χ0) is 15.7. The highest BCUT2D eigenvalue weighted by Gasteiger charge is 2.17. The second-order valence-electron chi connectivity index (χ2n) is 4.68. The van der Waals surface area contributed by atoms with E-state index >= 15 is 0 Å². The summed E-state index contributed by atoms with van der Waals surface area (Å²) in [5.41, 5.74) is 1.05. The number of aromatic nitrogens is 4. The SMILES string of the molecule is CC(NC(=O)c1cc(Cl)nc(Cl)c1)c1nnc2ccccn12. The first kappa shape index (κ1) is 14.7. The fourth-order valence-electron chi connectivity index (χ4n) is 2.10. The molecule has 3 aromatic rings. The molecule has 1 unspecified atom stereocenters. The van der Waals surface area contributed by atoms with Crippen molar-refractivity contribution < 1.29 is 4.79 Å². The molecule has 3 heterocycles. The van der Waals surface area contributed by atoms with Crippen molar-refractivity contribution in [1.82, 2.24) is 24.9 Å². The van der Waals surface area contributed by atoms with Crippen molar-refractivity contribution in [1.29, 1.82) is 0 Å². The zero-order valence-corrected chi connectivity index (χ0v) is 13.0. The fraction of sp³-hybridized carbons (Fsp3) is 0.143. The molecular weight excluding hydrogens is 325 g/mol. The highest BCUT2D eigenvalue weighted by molar-refractivity contribution is 6.33. The molecule has 0 aliphatic heterocycles. The van der Waals surface area contributed by atoms with Crippen LogP contribution in [0.15, 0.2) is 36.5 Å². The van der Waals surface area contributed by atoms with Crippen LogP contribution in [0.3, 0.4) is 0 Å². The van der Waals surface area contributed by atoms with Gasteiger partial charge in [0.15, 0.2) is 11.5 Å². The summed E-state index contributed by atoms with van der Waals surface area (Å²) in [7, 11) is 0. The number of hydrogen-bond donors (Lipinski definition) is 1. The molecule has 1 atom stereocenters. The van der Waals surface area contributed by atoms with Gasteiger partial charge in [0.25, 0.3) is 5.91 Å². The van der Waals surface area contributed by atoms with Crippen LogP contribution < -0.4 is 5.32 Å². The summed E-state index contributed by atoms with van der Waals surface area (Å²) in [5.74, 6) is 0.321. The van der Waals surface area contributed by atoms with E-state index in [4.69, 9.17) is 23.2 Å². The molecule has 0 saturated carbocycles. The molecule has 1 N–H and O–H groups in total. The van der Waals surface area contributed by atoms with Crippen molar-refractivity contribution in [2.45, 2.75) is 13.0 Å². The van der Waals surface area contributed by atoms with Crippen LogP contribution in [0, 0.1) is 0 Å². The lowest BCUT2D eigenvalue weighted by Crippen LogP contribution is -2.28. The minimum Gasteiger partial charge on any atom is -0.342 e. The number of hydrogen-bond acceptors (Lipinski definition) is 4. The molecule has 112 valence electrons. The van der Waals surface area contributed by atoms with Gasteiger partial charge in [-0.15, -0.1) is 10.2 Å². The molecule has 0 fully saturated rings. The molecular formula is C14H11Cl2N5O. The molecule has 0 saturated heterocycles. The van der Waals surface area contributed by atoms with Gasteiger partial charge in [0.2, 0.25) is 0 Å². The zero-order valence-electron chi connectivity index (χ0n) is 11.5. The summed E-state index contributed by atoms with van der Waals surface area (Å²) in [6.07, 6.45) is 1.84. The summed E-state index contributed by atoms with van der Waals surface area (Å²) in [6.45, 7) is 1.83. The van der Waals surface area contributed by atoms with Gasteiger partial charge in [-0.05, 0) is 31.2 Å². The van der Waals surface area contributed by atoms with Crippen LogP contribution in [-0.4, -0.2) is 25.5 Å². The first-order chi connectivity index (χ1) is 10.5. The summed E-state index contributed by atoms with van der Waals surface area (Å²) in [4.78, 5) is 16.1. The van der Waals surface area contributed by atoms with E-state index in [1.165, 1.54) is 12.1 Å². The average molecular weight is 336 g/mol. The monoisotopic (exact) mass is 335 g/mol. The van der Waals surface area contributed by atoms with Crippen LogP contribution in [0.5, 0.6) is 0 Å². The van der Waals surface area contributed by atoms with E-state index in [0.717, 1.165) is 0 Å². The van der Waals surface area contributed by atoms with Crippen LogP contribution in [0.2, 0.25) is 10.3 Å². The maximum absolute atomic E-state index is 12.3. The van der Waals surface area contributed by atoms with E-state index in [1.807, 2.05) is 35.7 Å². The lowest BCUT2D eigenvalue weighted by atomic mass is 10.2. The molecule has 0 aliphatic carbocycles. The van der Waals surface area contributed by atoms with Crippen molar-refractivity contribution in [2.75, 3.05) is 0 Å². The second-order valence-corrected chi connectivity index (χ2v) is 5.46. The van der Waals surface area contributed by atoms with Gasteiger partial charge in [0.05, 0.1) is 6.04 Å². The van der Waals surface area contributed by atoms with Crippen molar-refractivity contribution >= 4 is 34.8 Å². The van der Waals surface area contributed by atoms with E-state index < -0.39 is 0 Å². The Labute approximate surface area is 136 Å². The van der Waals surface area contributed by atoms with Crippen LogP contribution in [0.1, 0.15) is 29.1 Å². The molecule has 3 rings (SSSR count). The van der Waals surface area contributed by atoms with E-state index in [-0.39, 0.29) is 22.3 Å². The van der Waals surface area contributed by atoms with Crippen molar-refractivity contribution in [3.05, 3.63) is 58.2 Å². The molecule has 0 aromatic carbocycles. The fourth-order valence-corrected chi connectivity index (χ4v) is 2.56. The van der Waals surface area contributed by atoms with Gasteiger partial charge in [-0.3, -0.25) is 9.20 Å². The Kier molecular flexibility index (Phi) is 3.96. The molecule has 8 heteroatoms. The smallest absolute Gasteiger partial charge is 0.252 e. The number of carbonyl (C=O) groups is 1. The Morgan fingerprint density at radius 2 is 1.95 bits per heavy atom. The van der Waals surface area contributed by atoms with E-state index in [1.54, 1.807) is 0 Å². The topological polar surface area (TPSA) is 72.2 Å². The minimum absolute atomic E-state index is 0.165.